The lowest BCUT2D eigenvalue weighted by molar-refractivity contribution is 0.0837. The third kappa shape index (κ3) is 2.94. The second kappa shape index (κ2) is 4.84. The predicted octanol–water partition coefficient (Wildman–Crippen LogP) is 2.23. The smallest absolute Gasteiger partial charge is 0.0170 e. The first kappa shape index (κ1) is 11.4. The van der Waals surface area contributed by atoms with Gasteiger partial charge in [0.25, 0.3) is 0 Å². The minimum Gasteiger partial charge on any atom is -0.327 e. The maximum absolute atomic E-state index is 6.11. The lowest BCUT2D eigenvalue weighted by Gasteiger charge is -2.42. The molecule has 0 spiro atoms. The first-order chi connectivity index (χ1) is 7.15. The van der Waals surface area contributed by atoms with E-state index in [0.29, 0.717) is 6.04 Å². The largest absolute Gasteiger partial charge is 0.327 e. The summed E-state index contributed by atoms with van der Waals surface area (Å²) in [6, 6.07) is 1.27. The zero-order valence-corrected chi connectivity index (χ0v) is 10.3. The average Bonchev–Trinajstić information content (AvgIpc) is 2.17. The molecule has 1 aliphatic heterocycles. The van der Waals surface area contributed by atoms with Gasteiger partial charge in [-0.1, -0.05) is 13.8 Å². The van der Waals surface area contributed by atoms with Gasteiger partial charge in [0, 0.05) is 25.2 Å². The van der Waals surface area contributed by atoms with Gasteiger partial charge >= 0.3 is 0 Å². The monoisotopic (exact) mass is 210 g/mol. The van der Waals surface area contributed by atoms with Crippen molar-refractivity contribution in [1.29, 1.82) is 0 Å². The normalized spacial score (nSPS) is 44.2. The Morgan fingerprint density at radius 1 is 0.933 bits per heavy atom. The van der Waals surface area contributed by atoms with Crippen molar-refractivity contribution < 1.29 is 0 Å². The first-order valence-corrected chi connectivity index (χ1v) is 6.64. The Labute approximate surface area is 94.2 Å². The molecule has 0 aromatic rings. The lowest BCUT2D eigenvalue weighted by atomic mass is 9.84. The quantitative estimate of drug-likeness (QED) is 0.719. The third-order valence-corrected chi connectivity index (χ3v) is 4.22. The van der Waals surface area contributed by atoms with Gasteiger partial charge in [0.1, 0.15) is 0 Å². The van der Waals surface area contributed by atoms with Crippen LogP contribution in [0.4, 0.5) is 0 Å². The third-order valence-electron chi connectivity index (χ3n) is 4.22. The molecule has 0 radical (unpaired) electrons. The van der Waals surface area contributed by atoms with E-state index in [-0.39, 0.29) is 0 Å². The highest BCUT2D eigenvalue weighted by molar-refractivity contribution is 4.86. The van der Waals surface area contributed by atoms with Crippen LogP contribution in [0.15, 0.2) is 0 Å². The maximum atomic E-state index is 6.11. The Morgan fingerprint density at radius 3 is 2.20 bits per heavy atom. The van der Waals surface area contributed by atoms with Crippen LogP contribution in [0.2, 0.25) is 0 Å². The molecule has 2 rings (SSSR count). The van der Waals surface area contributed by atoms with Crippen molar-refractivity contribution in [2.24, 2.45) is 17.6 Å². The summed E-state index contributed by atoms with van der Waals surface area (Å²) >= 11 is 0. The number of nitrogens with two attached hydrogens (primary N) is 1. The Hall–Kier alpha value is -0.0800. The Morgan fingerprint density at radius 2 is 1.60 bits per heavy atom. The van der Waals surface area contributed by atoms with E-state index in [2.05, 4.69) is 18.7 Å². The van der Waals surface area contributed by atoms with Gasteiger partial charge in [0.05, 0.1) is 0 Å². The van der Waals surface area contributed by atoms with Crippen LogP contribution in [-0.2, 0) is 0 Å². The molecule has 1 saturated carbocycles. The fourth-order valence-corrected chi connectivity index (χ4v) is 3.35. The van der Waals surface area contributed by atoms with Gasteiger partial charge in [0.2, 0.25) is 0 Å². The van der Waals surface area contributed by atoms with Gasteiger partial charge < -0.3 is 5.73 Å². The van der Waals surface area contributed by atoms with Crippen molar-refractivity contribution in [2.75, 3.05) is 13.1 Å². The molecule has 0 aromatic carbocycles. The van der Waals surface area contributed by atoms with Crippen molar-refractivity contribution >= 4 is 0 Å². The molecular formula is C13H26N2. The van der Waals surface area contributed by atoms with Crippen molar-refractivity contribution in [2.45, 2.75) is 58.0 Å². The predicted molar refractivity (Wildman–Crippen MR) is 64.7 cm³/mol. The van der Waals surface area contributed by atoms with Crippen molar-refractivity contribution in [1.82, 2.24) is 4.90 Å². The highest BCUT2D eigenvalue weighted by atomic mass is 15.2. The molecule has 2 aliphatic rings. The minimum atomic E-state index is 0.424. The van der Waals surface area contributed by atoms with E-state index >= 15 is 0 Å². The minimum absolute atomic E-state index is 0.424. The summed E-state index contributed by atoms with van der Waals surface area (Å²) in [5.74, 6) is 1.75. The molecule has 2 heteroatoms. The first-order valence-electron chi connectivity index (χ1n) is 6.64. The number of likely N-dealkylation sites (tertiary alicyclic amines) is 1. The maximum Gasteiger partial charge on any atom is 0.0170 e. The van der Waals surface area contributed by atoms with Gasteiger partial charge in [0.15, 0.2) is 0 Å². The summed E-state index contributed by atoms with van der Waals surface area (Å²) in [5.41, 5.74) is 6.11. The molecule has 88 valence electrons. The molecule has 15 heavy (non-hydrogen) atoms. The second-order valence-corrected chi connectivity index (χ2v) is 5.97. The topological polar surface area (TPSA) is 29.3 Å². The van der Waals surface area contributed by atoms with Crippen molar-refractivity contribution in [3.8, 4) is 0 Å². The molecule has 0 bridgehead atoms. The van der Waals surface area contributed by atoms with Gasteiger partial charge in [-0.2, -0.15) is 0 Å². The second-order valence-electron chi connectivity index (χ2n) is 5.97. The van der Waals surface area contributed by atoms with Gasteiger partial charge in [-0.05, 0) is 43.9 Å². The van der Waals surface area contributed by atoms with Gasteiger partial charge in [-0.25, -0.2) is 0 Å². The standard InChI is InChI=1S/C13H26N2/c1-10-3-5-13(6-4-10)15-8-11(2)7-12(14)9-15/h10-13H,3-9,14H2,1-2H3. The van der Waals surface area contributed by atoms with Crippen LogP contribution in [0.3, 0.4) is 0 Å². The van der Waals surface area contributed by atoms with Crippen LogP contribution in [0.1, 0.15) is 46.0 Å². The molecule has 2 atom stereocenters. The van der Waals surface area contributed by atoms with E-state index in [1.807, 2.05) is 0 Å². The van der Waals surface area contributed by atoms with Crippen LogP contribution >= 0.6 is 0 Å². The molecule has 2 nitrogen and oxygen atoms in total. The number of hydrogen-bond donors (Lipinski definition) is 1. The lowest BCUT2D eigenvalue weighted by Crippen LogP contribution is -2.51. The number of piperidine rings is 1. The van der Waals surface area contributed by atoms with Crippen LogP contribution < -0.4 is 5.73 Å². The fraction of sp³-hybridized carbons (Fsp3) is 1.00. The Balaban J connectivity index is 1.87. The Bertz CT molecular complexity index is 187. The van der Waals surface area contributed by atoms with Crippen molar-refractivity contribution in [3.63, 3.8) is 0 Å². The van der Waals surface area contributed by atoms with E-state index in [0.717, 1.165) is 24.4 Å². The summed E-state index contributed by atoms with van der Waals surface area (Å²) < 4.78 is 0. The molecule has 2 fully saturated rings. The average molecular weight is 210 g/mol. The number of rotatable bonds is 1. The van der Waals surface area contributed by atoms with Crippen LogP contribution in [0, 0.1) is 11.8 Å². The SMILES string of the molecule is CC1CCC(N2CC(C)CC(N)C2)CC1. The molecule has 2 N–H and O–H groups in total. The van der Waals surface area contributed by atoms with Crippen LogP contribution in [0.5, 0.6) is 0 Å². The van der Waals surface area contributed by atoms with E-state index in [9.17, 15) is 0 Å². The zero-order chi connectivity index (χ0) is 10.8. The summed E-state index contributed by atoms with van der Waals surface area (Å²) in [6.45, 7) is 7.16. The zero-order valence-electron chi connectivity index (χ0n) is 10.3. The van der Waals surface area contributed by atoms with E-state index in [1.54, 1.807) is 0 Å². The molecule has 2 unspecified atom stereocenters. The van der Waals surface area contributed by atoms with Gasteiger partial charge in [-0.3, -0.25) is 4.90 Å². The molecule has 0 amide bonds. The van der Waals surface area contributed by atoms with Crippen LogP contribution in [-0.4, -0.2) is 30.1 Å². The number of hydrogen-bond acceptors (Lipinski definition) is 2. The van der Waals surface area contributed by atoms with E-state index < -0.39 is 0 Å². The molecule has 0 aromatic heterocycles. The van der Waals surface area contributed by atoms with Crippen molar-refractivity contribution in [3.05, 3.63) is 0 Å². The molecule has 1 aliphatic carbocycles. The summed E-state index contributed by atoms with van der Waals surface area (Å²) in [7, 11) is 0. The highest BCUT2D eigenvalue weighted by Gasteiger charge is 2.29. The molecular weight excluding hydrogens is 184 g/mol. The number of nitrogens with zero attached hydrogens (tertiary/aromatic N) is 1. The van der Waals surface area contributed by atoms with Gasteiger partial charge in [-0.15, -0.1) is 0 Å². The molecule has 1 heterocycles. The van der Waals surface area contributed by atoms with E-state index in [4.69, 9.17) is 5.73 Å². The summed E-state index contributed by atoms with van der Waals surface area (Å²) in [4.78, 5) is 2.67. The Kier molecular flexibility index (Phi) is 3.68. The summed E-state index contributed by atoms with van der Waals surface area (Å²) in [5, 5.41) is 0. The highest BCUT2D eigenvalue weighted by Crippen LogP contribution is 2.29. The fourth-order valence-electron chi connectivity index (χ4n) is 3.35. The van der Waals surface area contributed by atoms with E-state index in [1.165, 1.54) is 38.6 Å². The summed E-state index contributed by atoms with van der Waals surface area (Å²) in [6.07, 6.45) is 6.87. The van der Waals surface area contributed by atoms with Crippen LogP contribution in [0.25, 0.3) is 0 Å². The molecule has 1 saturated heterocycles.